The second-order valence-electron chi connectivity index (χ2n) is 12.6. The monoisotopic (exact) mass is 638 g/mol. The minimum Gasteiger partial charge on any atom is -0.452 e. The molecule has 6 rings (SSSR count). The van der Waals surface area contributed by atoms with Crippen molar-refractivity contribution in [3.63, 3.8) is 0 Å². The number of fused-ring (bicyclic) bond motifs is 3. The van der Waals surface area contributed by atoms with Crippen LogP contribution in [0.4, 0.5) is 4.39 Å². The van der Waals surface area contributed by atoms with Crippen LogP contribution in [0.25, 0.3) is 33.4 Å². The molecule has 0 aliphatic carbocycles. The molecule has 1 fully saturated rings. The minimum atomic E-state index is -0.602. The van der Waals surface area contributed by atoms with E-state index >= 15 is 4.39 Å². The predicted molar refractivity (Wildman–Crippen MR) is 185 cm³/mol. The summed E-state index contributed by atoms with van der Waals surface area (Å²) < 4.78 is 24.2. The van der Waals surface area contributed by atoms with Crippen LogP contribution >= 0.6 is 0 Å². The number of benzene rings is 3. The van der Waals surface area contributed by atoms with Crippen LogP contribution in [0.5, 0.6) is 11.5 Å². The second-order valence-corrected chi connectivity index (χ2v) is 12.6. The third kappa shape index (κ3) is 6.16. The van der Waals surface area contributed by atoms with Gasteiger partial charge >= 0.3 is 0 Å². The first-order valence-corrected chi connectivity index (χ1v) is 16.9. The van der Waals surface area contributed by atoms with E-state index in [1.165, 1.54) is 6.07 Å². The van der Waals surface area contributed by atoms with Crippen LogP contribution in [0.3, 0.4) is 0 Å². The maximum Gasteiger partial charge on any atom is 0.259 e. The Kier molecular flexibility index (Phi) is 9.45. The van der Waals surface area contributed by atoms with Crippen molar-refractivity contribution in [3.05, 3.63) is 81.9 Å². The van der Waals surface area contributed by atoms with Crippen molar-refractivity contribution in [2.45, 2.75) is 65.3 Å². The Balaban J connectivity index is 1.45. The van der Waals surface area contributed by atoms with E-state index in [0.717, 1.165) is 36.5 Å². The maximum absolute atomic E-state index is 16.0. The molecular weight excluding hydrogens is 595 g/mol. The van der Waals surface area contributed by atoms with Crippen molar-refractivity contribution >= 4 is 39.6 Å². The third-order valence-electron chi connectivity index (χ3n) is 9.65. The molecule has 2 amide bonds. The topological polar surface area (TPSA) is 97.9 Å². The van der Waals surface area contributed by atoms with Crippen LogP contribution in [-0.2, 0) is 4.79 Å². The van der Waals surface area contributed by atoms with Gasteiger partial charge in [-0.3, -0.25) is 14.4 Å². The van der Waals surface area contributed by atoms with Gasteiger partial charge in [0, 0.05) is 38.4 Å². The summed E-state index contributed by atoms with van der Waals surface area (Å²) in [7, 11) is 0. The van der Waals surface area contributed by atoms with Crippen molar-refractivity contribution < 1.29 is 18.7 Å². The Labute approximate surface area is 274 Å². The average Bonchev–Trinajstić information content (AvgIpc) is 3.09. The Morgan fingerprint density at radius 2 is 1.87 bits per heavy atom. The van der Waals surface area contributed by atoms with E-state index in [9.17, 15) is 14.4 Å². The summed E-state index contributed by atoms with van der Waals surface area (Å²) in [5.74, 6) is -0.626. The van der Waals surface area contributed by atoms with Gasteiger partial charge in [-0.05, 0) is 81.3 Å². The lowest BCUT2D eigenvalue weighted by Gasteiger charge is -2.34. The molecule has 47 heavy (non-hydrogen) atoms. The standard InChI is InChI=1S/C38H43FN4O4/c1-4-27(40)16-8-7-9-17-28-31(39)21-29-34-36(28)47-33-20-25-14-11-10-13-24(25)19-32(33)43(34)23-30(35(29)44)38(46)42-18-12-15-26(22-42)37(45)41(5-2)6-3/h9-11,13-14,17,19-21,23,26-27H,4-8,12,15-16,18,22,40H2,1-3H3/b17-9+. The van der Waals surface area contributed by atoms with E-state index in [1.54, 1.807) is 26.6 Å². The van der Waals surface area contributed by atoms with Gasteiger partial charge in [-0.1, -0.05) is 43.3 Å². The van der Waals surface area contributed by atoms with Crippen LogP contribution in [0, 0.1) is 11.7 Å². The van der Waals surface area contributed by atoms with E-state index in [4.69, 9.17) is 10.5 Å². The Morgan fingerprint density at radius 3 is 2.60 bits per heavy atom. The normalized spacial score (nSPS) is 16.4. The highest BCUT2D eigenvalue weighted by Crippen LogP contribution is 2.44. The van der Waals surface area contributed by atoms with E-state index in [2.05, 4.69) is 6.92 Å². The van der Waals surface area contributed by atoms with Gasteiger partial charge in [0.25, 0.3) is 5.91 Å². The SMILES string of the molecule is CCC(N)CCC/C=C/c1c(F)cc2c(=O)c(C(=O)N3CCCC(C(=O)N(CC)CC)C3)cn3c2c1Oc1cc2ccccc2cc1-3. The number of hydrogen-bond donors (Lipinski definition) is 1. The van der Waals surface area contributed by atoms with Crippen molar-refractivity contribution in [2.75, 3.05) is 26.2 Å². The van der Waals surface area contributed by atoms with E-state index in [-0.39, 0.29) is 46.7 Å². The Morgan fingerprint density at radius 1 is 1.13 bits per heavy atom. The number of nitrogens with zero attached hydrogens (tertiary/aromatic N) is 3. The zero-order valence-electron chi connectivity index (χ0n) is 27.4. The predicted octanol–water partition coefficient (Wildman–Crippen LogP) is 7.03. The lowest BCUT2D eigenvalue weighted by Crippen LogP contribution is -2.47. The number of aromatic nitrogens is 1. The number of allylic oxidation sites excluding steroid dienone is 1. The molecule has 3 aromatic carbocycles. The fourth-order valence-electron chi connectivity index (χ4n) is 6.86. The first-order valence-electron chi connectivity index (χ1n) is 16.9. The summed E-state index contributed by atoms with van der Waals surface area (Å²) in [5.41, 5.74) is 6.76. The summed E-state index contributed by atoms with van der Waals surface area (Å²) in [5, 5.41) is 1.97. The number of nitrogens with two attached hydrogens (primary N) is 1. The van der Waals surface area contributed by atoms with Gasteiger partial charge in [0.15, 0.2) is 11.5 Å². The molecule has 246 valence electrons. The van der Waals surface area contributed by atoms with Gasteiger partial charge in [-0.25, -0.2) is 4.39 Å². The highest BCUT2D eigenvalue weighted by molar-refractivity contribution is 6.01. The number of carbonyl (C=O) groups is 2. The minimum absolute atomic E-state index is 0.0243. The van der Waals surface area contributed by atoms with Crippen molar-refractivity contribution in [1.29, 1.82) is 0 Å². The van der Waals surface area contributed by atoms with Gasteiger partial charge in [0.05, 0.1) is 22.6 Å². The molecule has 2 unspecified atom stereocenters. The lowest BCUT2D eigenvalue weighted by molar-refractivity contribution is -0.136. The number of likely N-dealkylation sites (tertiary alicyclic amines) is 1. The quantitative estimate of drug-likeness (QED) is 0.166. The molecule has 0 saturated carbocycles. The fourth-order valence-corrected chi connectivity index (χ4v) is 6.86. The highest BCUT2D eigenvalue weighted by Gasteiger charge is 2.34. The molecule has 2 N–H and O–H groups in total. The smallest absolute Gasteiger partial charge is 0.259 e. The molecular formula is C38H43FN4O4. The number of halogens is 1. The van der Waals surface area contributed by atoms with Crippen LogP contribution in [0.1, 0.15) is 75.2 Å². The first kappa shape index (κ1) is 32.4. The second kappa shape index (κ2) is 13.7. The molecule has 1 saturated heterocycles. The van der Waals surface area contributed by atoms with Crippen molar-refractivity contribution in [3.8, 4) is 17.2 Å². The molecule has 2 aliphatic heterocycles. The zero-order chi connectivity index (χ0) is 33.2. The number of unbranched alkanes of at least 4 members (excludes halogenated alkanes) is 1. The van der Waals surface area contributed by atoms with Crippen LogP contribution in [0.15, 0.2) is 59.5 Å². The van der Waals surface area contributed by atoms with E-state index in [1.807, 2.05) is 56.3 Å². The van der Waals surface area contributed by atoms with E-state index in [0.29, 0.717) is 49.4 Å². The number of carbonyl (C=O) groups excluding carboxylic acids is 2. The summed E-state index contributed by atoms with van der Waals surface area (Å²) in [6.07, 6.45) is 9.92. The zero-order valence-corrected chi connectivity index (χ0v) is 27.4. The molecule has 0 bridgehead atoms. The van der Waals surface area contributed by atoms with Gasteiger partial charge < -0.3 is 24.8 Å². The molecule has 1 aromatic heterocycles. The van der Waals surface area contributed by atoms with Crippen LogP contribution < -0.4 is 15.9 Å². The third-order valence-corrected chi connectivity index (χ3v) is 9.65. The Hall–Kier alpha value is -4.50. The number of pyridine rings is 1. The summed E-state index contributed by atoms with van der Waals surface area (Å²) >= 11 is 0. The van der Waals surface area contributed by atoms with E-state index < -0.39 is 17.2 Å². The van der Waals surface area contributed by atoms with Crippen LogP contribution in [-0.4, -0.2) is 58.4 Å². The Bertz CT molecular complexity index is 1930. The van der Waals surface area contributed by atoms with Crippen molar-refractivity contribution in [2.24, 2.45) is 11.7 Å². The largest absolute Gasteiger partial charge is 0.452 e. The number of ether oxygens (including phenoxy) is 1. The molecule has 4 aromatic rings. The molecule has 3 heterocycles. The maximum atomic E-state index is 16.0. The summed E-state index contributed by atoms with van der Waals surface area (Å²) in [6, 6.07) is 13.1. The number of rotatable bonds is 10. The molecule has 0 spiro atoms. The van der Waals surface area contributed by atoms with Gasteiger partial charge in [-0.15, -0.1) is 0 Å². The van der Waals surface area contributed by atoms with Gasteiger partial charge in [0.1, 0.15) is 16.9 Å². The molecule has 2 atom stereocenters. The average molecular weight is 639 g/mol. The number of piperidine rings is 1. The molecule has 0 radical (unpaired) electrons. The van der Waals surface area contributed by atoms with Crippen molar-refractivity contribution in [1.82, 2.24) is 14.4 Å². The lowest BCUT2D eigenvalue weighted by atomic mass is 9.95. The first-order chi connectivity index (χ1) is 22.7. The number of hydrogen-bond acceptors (Lipinski definition) is 5. The summed E-state index contributed by atoms with van der Waals surface area (Å²) in [6.45, 7) is 7.82. The summed E-state index contributed by atoms with van der Waals surface area (Å²) in [4.78, 5) is 44.7. The fraction of sp³-hybridized carbons (Fsp3) is 0.395. The molecule has 2 aliphatic rings. The van der Waals surface area contributed by atoms with Gasteiger partial charge in [0.2, 0.25) is 11.3 Å². The van der Waals surface area contributed by atoms with Gasteiger partial charge in [-0.2, -0.15) is 0 Å². The van der Waals surface area contributed by atoms with Crippen LogP contribution in [0.2, 0.25) is 0 Å². The highest BCUT2D eigenvalue weighted by atomic mass is 19.1. The molecule has 8 nitrogen and oxygen atoms in total. The number of amides is 2. The molecule has 9 heteroatoms.